The number of rotatable bonds is 3. The van der Waals surface area contributed by atoms with Crippen molar-refractivity contribution in [3.8, 4) is 0 Å². The molecule has 1 aromatic rings. The predicted octanol–water partition coefficient (Wildman–Crippen LogP) is 2.41. The predicted molar refractivity (Wildman–Crippen MR) is 58.0 cm³/mol. The van der Waals surface area contributed by atoms with Gasteiger partial charge in [0.25, 0.3) is 0 Å². The third kappa shape index (κ3) is 2.45. The van der Waals surface area contributed by atoms with Crippen LogP contribution in [0.15, 0.2) is 0 Å². The van der Waals surface area contributed by atoms with Crippen LogP contribution in [-0.4, -0.2) is 27.8 Å². The van der Waals surface area contributed by atoms with Crippen LogP contribution in [0.1, 0.15) is 20.8 Å². The van der Waals surface area contributed by atoms with E-state index >= 15 is 0 Å². The monoisotopic (exact) mass is 234 g/mol. The first-order valence-corrected chi connectivity index (χ1v) is 5.14. The fraction of sp³-hybridized carbons (Fsp3) is 0.625. The molecule has 0 unspecified atom stereocenters. The summed E-state index contributed by atoms with van der Waals surface area (Å²) in [5.41, 5.74) is 0. The molecule has 0 N–H and O–H groups in total. The smallest absolute Gasteiger partial charge is 0.245 e. The third-order valence-electron chi connectivity index (χ3n) is 1.84. The van der Waals surface area contributed by atoms with E-state index in [0.29, 0.717) is 11.9 Å². The average molecular weight is 235 g/mol. The standard InChI is InChI=1S/C8H12Cl2N4/c1-4-14(5(2)3)7-6(9)12-13-8(10)11-7/h5H,4H2,1-3H3. The Balaban J connectivity index is 3.08. The lowest BCUT2D eigenvalue weighted by Gasteiger charge is -2.26. The molecule has 4 nitrogen and oxygen atoms in total. The minimum atomic E-state index is 0.114. The number of anilines is 1. The summed E-state index contributed by atoms with van der Waals surface area (Å²) in [5.74, 6) is 0.587. The van der Waals surface area contributed by atoms with Crippen LogP contribution in [0.5, 0.6) is 0 Å². The summed E-state index contributed by atoms with van der Waals surface area (Å²) in [7, 11) is 0. The normalized spacial score (nSPS) is 10.7. The van der Waals surface area contributed by atoms with Gasteiger partial charge in [0.05, 0.1) is 0 Å². The number of hydrogen-bond acceptors (Lipinski definition) is 4. The molecule has 0 aromatic carbocycles. The summed E-state index contributed by atoms with van der Waals surface area (Å²) in [6, 6.07) is 0.297. The number of halogens is 2. The van der Waals surface area contributed by atoms with Crippen molar-refractivity contribution >= 4 is 29.0 Å². The summed E-state index contributed by atoms with van der Waals surface area (Å²) in [6.07, 6.45) is 0. The topological polar surface area (TPSA) is 41.9 Å². The molecule has 0 bridgehead atoms. The van der Waals surface area contributed by atoms with E-state index in [1.165, 1.54) is 0 Å². The van der Waals surface area contributed by atoms with Crippen molar-refractivity contribution in [2.24, 2.45) is 0 Å². The Morgan fingerprint density at radius 2 is 1.93 bits per heavy atom. The lowest BCUT2D eigenvalue weighted by Crippen LogP contribution is -2.31. The van der Waals surface area contributed by atoms with E-state index in [2.05, 4.69) is 29.0 Å². The first kappa shape index (κ1) is 11.5. The Kier molecular flexibility index (Phi) is 3.89. The Labute approximate surface area is 93.2 Å². The Hall–Kier alpha value is -0.610. The van der Waals surface area contributed by atoms with Gasteiger partial charge in [-0.1, -0.05) is 11.6 Å². The molecule has 1 rings (SSSR count). The van der Waals surface area contributed by atoms with E-state index in [9.17, 15) is 0 Å². The van der Waals surface area contributed by atoms with Gasteiger partial charge in [-0.25, -0.2) is 0 Å². The molecule has 0 spiro atoms. The lowest BCUT2D eigenvalue weighted by molar-refractivity contribution is 0.687. The van der Waals surface area contributed by atoms with Crippen molar-refractivity contribution < 1.29 is 0 Å². The molecule has 0 saturated heterocycles. The molecule has 0 radical (unpaired) electrons. The van der Waals surface area contributed by atoms with Gasteiger partial charge in [0.15, 0.2) is 11.0 Å². The number of hydrogen-bond donors (Lipinski definition) is 0. The molecule has 1 heterocycles. The van der Waals surface area contributed by atoms with E-state index in [-0.39, 0.29) is 10.4 Å². The van der Waals surface area contributed by atoms with E-state index in [1.807, 2.05) is 11.8 Å². The van der Waals surface area contributed by atoms with Crippen LogP contribution in [-0.2, 0) is 0 Å². The van der Waals surface area contributed by atoms with Crippen molar-refractivity contribution in [2.45, 2.75) is 26.8 Å². The van der Waals surface area contributed by atoms with Gasteiger partial charge < -0.3 is 4.90 Å². The van der Waals surface area contributed by atoms with Crippen molar-refractivity contribution in [2.75, 3.05) is 11.4 Å². The van der Waals surface area contributed by atoms with Gasteiger partial charge in [0.2, 0.25) is 5.28 Å². The van der Waals surface area contributed by atoms with Gasteiger partial charge in [0, 0.05) is 12.6 Å². The van der Waals surface area contributed by atoms with E-state index < -0.39 is 0 Å². The number of aromatic nitrogens is 3. The molecule has 78 valence electrons. The molecule has 1 aromatic heterocycles. The van der Waals surface area contributed by atoms with Gasteiger partial charge in [-0.3, -0.25) is 0 Å². The SMILES string of the molecule is CCN(c1nc(Cl)nnc1Cl)C(C)C. The highest BCUT2D eigenvalue weighted by Crippen LogP contribution is 2.22. The maximum absolute atomic E-state index is 5.88. The van der Waals surface area contributed by atoms with Gasteiger partial charge in [-0.2, -0.15) is 4.98 Å². The second-order valence-corrected chi connectivity index (χ2v) is 3.77. The van der Waals surface area contributed by atoms with Crippen LogP contribution >= 0.6 is 23.2 Å². The minimum Gasteiger partial charge on any atom is -0.352 e. The molecule has 14 heavy (non-hydrogen) atoms. The average Bonchev–Trinajstić information content (AvgIpc) is 2.11. The maximum Gasteiger partial charge on any atom is 0.245 e. The molecule has 0 aliphatic heterocycles. The van der Waals surface area contributed by atoms with Gasteiger partial charge >= 0.3 is 0 Å². The second kappa shape index (κ2) is 4.75. The molecular formula is C8H12Cl2N4. The molecule has 0 fully saturated rings. The summed E-state index contributed by atoms with van der Waals surface area (Å²) in [6.45, 7) is 6.92. The zero-order valence-electron chi connectivity index (χ0n) is 8.33. The van der Waals surface area contributed by atoms with E-state index in [0.717, 1.165) is 6.54 Å². The maximum atomic E-state index is 5.88. The van der Waals surface area contributed by atoms with Crippen molar-refractivity contribution in [3.63, 3.8) is 0 Å². The first-order valence-electron chi connectivity index (χ1n) is 4.38. The second-order valence-electron chi connectivity index (χ2n) is 3.08. The van der Waals surface area contributed by atoms with Crippen LogP contribution in [0.2, 0.25) is 10.4 Å². The molecule has 0 aliphatic carbocycles. The fourth-order valence-electron chi connectivity index (χ4n) is 1.23. The number of nitrogens with zero attached hydrogens (tertiary/aromatic N) is 4. The third-order valence-corrected chi connectivity index (χ3v) is 2.24. The fourth-order valence-corrected chi connectivity index (χ4v) is 1.53. The Bertz CT molecular complexity index is 316. The molecule has 0 saturated carbocycles. The summed E-state index contributed by atoms with van der Waals surface area (Å²) < 4.78 is 0. The molecule has 0 aliphatic rings. The Morgan fingerprint density at radius 3 is 2.43 bits per heavy atom. The largest absolute Gasteiger partial charge is 0.352 e. The van der Waals surface area contributed by atoms with Crippen LogP contribution in [0.25, 0.3) is 0 Å². The van der Waals surface area contributed by atoms with Crippen LogP contribution < -0.4 is 4.90 Å². The van der Waals surface area contributed by atoms with Crippen molar-refractivity contribution in [3.05, 3.63) is 10.4 Å². The first-order chi connectivity index (χ1) is 6.56. The highest BCUT2D eigenvalue weighted by atomic mass is 35.5. The highest BCUT2D eigenvalue weighted by molar-refractivity contribution is 6.32. The van der Waals surface area contributed by atoms with Crippen LogP contribution in [0.3, 0.4) is 0 Å². The summed E-state index contributed by atoms with van der Waals surface area (Å²) >= 11 is 11.5. The van der Waals surface area contributed by atoms with E-state index in [1.54, 1.807) is 0 Å². The van der Waals surface area contributed by atoms with Crippen molar-refractivity contribution in [1.29, 1.82) is 0 Å². The van der Waals surface area contributed by atoms with Gasteiger partial charge in [0.1, 0.15) is 0 Å². The van der Waals surface area contributed by atoms with Crippen LogP contribution in [0.4, 0.5) is 5.82 Å². The zero-order valence-corrected chi connectivity index (χ0v) is 9.84. The lowest BCUT2D eigenvalue weighted by atomic mass is 10.3. The Morgan fingerprint density at radius 1 is 1.29 bits per heavy atom. The summed E-state index contributed by atoms with van der Waals surface area (Å²) in [5, 5.41) is 7.67. The zero-order chi connectivity index (χ0) is 10.7. The summed E-state index contributed by atoms with van der Waals surface area (Å²) in [4.78, 5) is 6.05. The van der Waals surface area contributed by atoms with Crippen molar-refractivity contribution in [1.82, 2.24) is 15.2 Å². The van der Waals surface area contributed by atoms with Gasteiger partial charge in [-0.15, -0.1) is 10.2 Å². The molecule has 6 heteroatoms. The molecular weight excluding hydrogens is 223 g/mol. The van der Waals surface area contributed by atoms with Gasteiger partial charge in [-0.05, 0) is 32.4 Å². The van der Waals surface area contributed by atoms with E-state index in [4.69, 9.17) is 23.2 Å². The molecule has 0 amide bonds. The molecule has 0 atom stereocenters. The van der Waals surface area contributed by atoms with Crippen LogP contribution in [0, 0.1) is 0 Å². The quantitative estimate of drug-likeness (QED) is 0.806. The highest BCUT2D eigenvalue weighted by Gasteiger charge is 2.15. The minimum absolute atomic E-state index is 0.114.